The van der Waals surface area contributed by atoms with Gasteiger partial charge in [-0.25, -0.2) is 0 Å². The molecule has 4 rings (SSSR count). The minimum atomic E-state index is 0.483. The lowest BCUT2D eigenvalue weighted by Gasteiger charge is -2.41. The lowest BCUT2D eigenvalue weighted by Crippen LogP contribution is -2.52. The largest absolute Gasteiger partial charge is 0.495 e. The third kappa shape index (κ3) is 3.91. The number of hydrogen-bond acceptors (Lipinski definition) is 8. The van der Waals surface area contributed by atoms with E-state index in [0.717, 1.165) is 42.9 Å². The topological polar surface area (TPSA) is 70.8 Å². The maximum absolute atomic E-state index is 5.48. The molecule has 2 fully saturated rings. The number of rotatable bonds is 4. The summed E-state index contributed by atoms with van der Waals surface area (Å²) in [4.78, 5) is 16.2. The number of piperazine rings is 1. The highest BCUT2D eigenvalue weighted by molar-refractivity contribution is 5.56. The molecule has 8 heteroatoms. The number of anilines is 1. The summed E-state index contributed by atoms with van der Waals surface area (Å²) in [6, 6.07) is 2.56. The Kier molecular flexibility index (Phi) is 5.27. The molecule has 0 saturated carbocycles. The number of piperidine rings is 1. The monoisotopic (exact) mass is 372 g/mol. The normalized spacial score (nSPS) is 20.2. The molecule has 0 aliphatic carbocycles. The summed E-state index contributed by atoms with van der Waals surface area (Å²) < 4.78 is 10.8. The van der Waals surface area contributed by atoms with Crippen molar-refractivity contribution in [2.45, 2.75) is 25.8 Å². The number of ether oxygens (including phenoxy) is 1. The Morgan fingerprint density at radius 1 is 1.11 bits per heavy atom. The fourth-order valence-electron chi connectivity index (χ4n) is 3.92. The number of pyridine rings is 1. The molecule has 146 valence electrons. The van der Waals surface area contributed by atoms with Gasteiger partial charge in [0.1, 0.15) is 5.75 Å². The minimum absolute atomic E-state index is 0.483. The number of nitrogens with zero attached hydrogens (tertiary/aromatic N) is 6. The van der Waals surface area contributed by atoms with Crippen LogP contribution in [0.2, 0.25) is 0 Å². The van der Waals surface area contributed by atoms with Gasteiger partial charge in [-0.2, -0.15) is 4.98 Å². The van der Waals surface area contributed by atoms with Crippen LogP contribution in [0.4, 0.5) is 5.95 Å². The van der Waals surface area contributed by atoms with Crippen molar-refractivity contribution in [3.05, 3.63) is 18.0 Å². The van der Waals surface area contributed by atoms with Crippen molar-refractivity contribution >= 4 is 5.95 Å². The van der Waals surface area contributed by atoms with Gasteiger partial charge in [0, 0.05) is 51.5 Å². The van der Waals surface area contributed by atoms with Gasteiger partial charge in [0.15, 0.2) is 0 Å². The van der Waals surface area contributed by atoms with Crippen LogP contribution >= 0.6 is 0 Å². The maximum Gasteiger partial charge on any atom is 0.266 e. The molecule has 0 aromatic carbocycles. The Balaban J connectivity index is 1.38. The van der Waals surface area contributed by atoms with Crippen molar-refractivity contribution in [2.75, 3.05) is 58.3 Å². The van der Waals surface area contributed by atoms with E-state index in [4.69, 9.17) is 9.26 Å². The van der Waals surface area contributed by atoms with Crippen LogP contribution in [0.25, 0.3) is 11.5 Å². The predicted octanol–water partition coefficient (Wildman–Crippen LogP) is 1.66. The van der Waals surface area contributed by atoms with Crippen LogP contribution < -0.4 is 9.64 Å². The zero-order valence-corrected chi connectivity index (χ0v) is 16.4. The number of aromatic nitrogens is 3. The molecule has 0 atom stereocenters. The number of aryl methyl sites for hydroxylation is 1. The first-order valence-corrected chi connectivity index (χ1v) is 9.66. The molecule has 0 unspecified atom stereocenters. The summed E-state index contributed by atoms with van der Waals surface area (Å²) in [5.41, 5.74) is 1.62. The molecule has 2 aliphatic heterocycles. The van der Waals surface area contributed by atoms with E-state index in [2.05, 4.69) is 36.9 Å². The molecule has 0 amide bonds. The van der Waals surface area contributed by atoms with E-state index in [1.165, 1.54) is 26.2 Å². The Hall–Kier alpha value is -2.19. The molecule has 0 spiro atoms. The molecule has 4 heterocycles. The van der Waals surface area contributed by atoms with Gasteiger partial charge in [-0.15, -0.1) is 0 Å². The lowest BCUT2D eigenvalue weighted by molar-refractivity contribution is 0.0980. The predicted molar refractivity (Wildman–Crippen MR) is 103 cm³/mol. The highest BCUT2D eigenvalue weighted by Gasteiger charge is 2.28. The standard InChI is InChI=1S/C19H28N6O2/c1-14-17(26-3)12-15(13-20-14)18-21-19(22-27-18)25-6-4-16(5-7-25)24-10-8-23(2)9-11-24/h12-13,16H,4-11H2,1-3H3. The van der Waals surface area contributed by atoms with Crippen LogP contribution in [0, 0.1) is 6.92 Å². The number of hydrogen-bond donors (Lipinski definition) is 0. The van der Waals surface area contributed by atoms with Crippen molar-refractivity contribution in [1.29, 1.82) is 0 Å². The second-order valence-electron chi connectivity index (χ2n) is 7.47. The highest BCUT2D eigenvalue weighted by Crippen LogP contribution is 2.27. The quantitative estimate of drug-likeness (QED) is 0.803. The summed E-state index contributed by atoms with van der Waals surface area (Å²) in [7, 11) is 3.84. The number of likely N-dealkylation sites (N-methyl/N-ethyl adjacent to an activating group) is 1. The second-order valence-corrected chi connectivity index (χ2v) is 7.47. The maximum atomic E-state index is 5.48. The van der Waals surface area contributed by atoms with Crippen LogP contribution in [-0.4, -0.2) is 84.4 Å². The Bertz CT molecular complexity index is 763. The third-order valence-electron chi connectivity index (χ3n) is 5.72. The Morgan fingerprint density at radius 2 is 1.85 bits per heavy atom. The molecule has 0 radical (unpaired) electrons. The number of methoxy groups -OCH3 is 1. The van der Waals surface area contributed by atoms with Gasteiger partial charge >= 0.3 is 0 Å². The van der Waals surface area contributed by atoms with E-state index < -0.39 is 0 Å². The van der Waals surface area contributed by atoms with Gasteiger partial charge in [-0.3, -0.25) is 9.88 Å². The summed E-state index contributed by atoms with van der Waals surface area (Å²) in [5, 5.41) is 4.19. The first-order chi connectivity index (χ1) is 13.1. The summed E-state index contributed by atoms with van der Waals surface area (Å²) in [6.45, 7) is 8.53. The lowest BCUT2D eigenvalue weighted by atomic mass is 10.0. The summed E-state index contributed by atoms with van der Waals surface area (Å²) in [5.74, 6) is 1.87. The van der Waals surface area contributed by atoms with Crippen molar-refractivity contribution < 1.29 is 9.26 Å². The van der Waals surface area contributed by atoms with Crippen molar-refractivity contribution in [3.63, 3.8) is 0 Å². The van der Waals surface area contributed by atoms with Gasteiger partial charge in [0.25, 0.3) is 11.8 Å². The molecule has 0 N–H and O–H groups in total. The van der Waals surface area contributed by atoms with Crippen molar-refractivity contribution in [1.82, 2.24) is 24.9 Å². The van der Waals surface area contributed by atoms with E-state index in [-0.39, 0.29) is 0 Å². The van der Waals surface area contributed by atoms with E-state index in [0.29, 0.717) is 17.9 Å². The molecule has 2 aliphatic rings. The first kappa shape index (κ1) is 18.2. The van der Waals surface area contributed by atoms with Gasteiger partial charge in [0.2, 0.25) is 0 Å². The zero-order valence-electron chi connectivity index (χ0n) is 16.4. The van der Waals surface area contributed by atoms with Crippen LogP contribution in [0.1, 0.15) is 18.5 Å². The molecule has 2 aromatic rings. The van der Waals surface area contributed by atoms with Crippen LogP contribution in [-0.2, 0) is 0 Å². The first-order valence-electron chi connectivity index (χ1n) is 9.66. The van der Waals surface area contributed by atoms with Gasteiger partial charge in [-0.1, -0.05) is 0 Å². The smallest absolute Gasteiger partial charge is 0.266 e. The average molecular weight is 372 g/mol. The van der Waals surface area contributed by atoms with E-state index in [1.54, 1.807) is 13.3 Å². The third-order valence-corrected chi connectivity index (χ3v) is 5.72. The van der Waals surface area contributed by atoms with E-state index in [1.807, 2.05) is 13.0 Å². The fourth-order valence-corrected chi connectivity index (χ4v) is 3.92. The average Bonchev–Trinajstić information content (AvgIpc) is 3.19. The molecular weight excluding hydrogens is 344 g/mol. The molecule has 0 bridgehead atoms. The van der Waals surface area contributed by atoms with Gasteiger partial charge < -0.3 is 19.1 Å². The van der Waals surface area contributed by atoms with Gasteiger partial charge in [-0.05, 0) is 38.0 Å². The van der Waals surface area contributed by atoms with Crippen LogP contribution in [0.15, 0.2) is 16.8 Å². The van der Waals surface area contributed by atoms with E-state index >= 15 is 0 Å². The summed E-state index contributed by atoms with van der Waals surface area (Å²) >= 11 is 0. The van der Waals surface area contributed by atoms with Crippen molar-refractivity contribution in [3.8, 4) is 17.2 Å². The second kappa shape index (κ2) is 7.82. The molecule has 27 heavy (non-hydrogen) atoms. The van der Waals surface area contributed by atoms with Gasteiger partial charge in [0.05, 0.1) is 18.4 Å². The Morgan fingerprint density at radius 3 is 2.56 bits per heavy atom. The van der Waals surface area contributed by atoms with Crippen LogP contribution in [0.3, 0.4) is 0 Å². The Labute approximate surface area is 160 Å². The fraction of sp³-hybridized carbons (Fsp3) is 0.632. The van der Waals surface area contributed by atoms with Crippen molar-refractivity contribution in [2.24, 2.45) is 0 Å². The minimum Gasteiger partial charge on any atom is -0.495 e. The van der Waals surface area contributed by atoms with Crippen LogP contribution in [0.5, 0.6) is 5.75 Å². The molecular formula is C19H28N6O2. The molecule has 2 aromatic heterocycles. The summed E-state index contributed by atoms with van der Waals surface area (Å²) in [6.07, 6.45) is 4.04. The molecule has 2 saturated heterocycles. The zero-order chi connectivity index (χ0) is 18.8. The highest BCUT2D eigenvalue weighted by atomic mass is 16.5. The van der Waals surface area contributed by atoms with E-state index in [9.17, 15) is 0 Å². The SMILES string of the molecule is COc1cc(-c2nc(N3CCC(N4CCN(C)CC4)CC3)no2)cnc1C. The molecule has 8 nitrogen and oxygen atoms in total.